The van der Waals surface area contributed by atoms with E-state index < -0.39 is 37.5 Å². The number of halogens is 2. The quantitative estimate of drug-likeness (QED) is 0.838. The molecule has 1 aliphatic heterocycles. The van der Waals surface area contributed by atoms with E-state index in [0.717, 1.165) is 18.2 Å². The monoisotopic (exact) mass is 405 g/mol. The Balaban J connectivity index is 1.96. The summed E-state index contributed by atoms with van der Waals surface area (Å²) in [6.45, 7) is 3.03. The highest BCUT2D eigenvalue weighted by Crippen LogP contribution is 2.29. The molecule has 0 spiro atoms. The molecule has 0 aliphatic carbocycles. The predicted molar refractivity (Wildman–Crippen MR) is 91.2 cm³/mol. The molecule has 3 rings (SSSR count). The Morgan fingerprint density at radius 2 is 1.92 bits per heavy atom. The highest BCUT2D eigenvalue weighted by molar-refractivity contribution is 7.92. The van der Waals surface area contributed by atoms with Crippen LogP contribution in [-0.4, -0.2) is 38.1 Å². The normalized spacial score (nSPS) is 19.6. The van der Waals surface area contributed by atoms with Gasteiger partial charge in [-0.05, 0) is 32.4 Å². The summed E-state index contributed by atoms with van der Waals surface area (Å²) in [4.78, 5) is -0.105. The smallest absolute Gasteiger partial charge is 0.265 e. The van der Waals surface area contributed by atoms with Gasteiger partial charge in [-0.25, -0.2) is 25.6 Å². The molecule has 1 atom stereocenters. The van der Waals surface area contributed by atoms with Crippen molar-refractivity contribution in [1.29, 1.82) is 0 Å². The van der Waals surface area contributed by atoms with Gasteiger partial charge < -0.3 is 0 Å². The van der Waals surface area contributed by atoms with E-state index in [1.165, 1.54) is 18.5 Å². The molecule has 2 aromatic rings. The van der Waals surface area contributed by atoms with Crippen molar-refractivity contribution in [2.75, 3.05) is 16.2 Å². The highest BCUT2D eigenvalue weighted by atomic mass is 32.2. The third-order valence-electron chi connectivity index (χ3n) is 4.25. The topological polar surface area (TPSA) is 98.1 Å². The zero-order valence-corrected chi connectivity index (χ0v) is 15.7. The van der Waals surface area contributed by atoms with Gasteiger partial charge in [-0.1, -0.05) is 0 Å². The standard InChI is InChI=1S/C15H17F2N3O4S2/c1-9-15(10(2)20(18-9)12-5-6-25(21,22)8-12)26(23,24)19-11-3-4-13(16)14(17)7-11/h3-4,7,12,19H,5-6,8H2,1-2H3/t12-/m0/s1. The third kappa shape index (κ3) is 3.45. The summed E-state index contributed by atoms with van der Waals surface area (Å²) >= 11 is 0. The van der Waals surface area contributed by atoms with E-state index in [1.807, 2.05) is 0 Å². The number of nitrogens with one attached hydrogen (secondary N) is 1. The molecule has 0 radical (unpaired) electrons. The highest BCUT2D eigenvalue weighted by Gasteiger charge is 2.33. The number of aryl methyl sites for hydroxylation is 1. The molecule has 142 valence electrons. The molecule has 7 nitrogen and oxygen atoms in total. The van der Waals surface area contributed by atoms with Crippen LogP contribution in [0, 0.1) is 25.5 Å². The number of hydrogen-bond donors (Lipinski definition) is 1. The minimum atomic E-state index is -4.11. The summed E-state index contributed by atoms with van der Waals surface area (Å²) < 4.78 is 78.7. The van der Waals surface area contributed by atoms with Crippen LogP contribution in [0.2, 0.25) is 0 Å². The van der Waals surface area contributed by atoms with Crippen molar-refractivity contribution in [3.63, 3.8) is 0 Å². The van der Waals surface area contributed by atoms with Crippen LogP contribution in [0.15, 0.2) is 23.1 Å². The summed E-state index contributed by atoms with van der Waals surface area (Å²) in [5.74, 6) is -2.32. The number of aromatic nitrogens is 2. The van der Waals surface area contributed by atoms with Crippen molar-refractivity contribution in [3.05, 3.63) is 41.2 Å². The number of benzene rings is 1. The first-order valence-corrected chi connectivity index (χ1v) is 11.0. The predicted octanol–water partition coefficient (Wildman–Crippen LogP) is 1.94. The van der Waals surface area contributed by atoms with Gasteiger partial charge in [-0.2, -0.15) is 5.10 Å². The molecule has 1 aliphatic rings. The lowest BCUT2D eigenvalue weighted by Crippen LogP contribution is -2.17. The van der Waals surface area contributed by atoms with Crippen LogP contribution in [0.25, 0.3) is 0 Å². The van der Waals surface area contributed by atoms with E-state index in [2.05, 4.69) is 9.82 Å². The molecule has 1 fully saturated rings. The number of sulfonamides is 1. The van der Waals surface area contributed by atoms with Crippen LogP contribution >= 0.6 is 0 Å². The second-order valence-electron chi connectivity index (χ2n) is 6.24. The lowest BCUT2D eigenvalue weighted by atomic mass is 10.2. The average molecular weight is 405 g/mol. The number of nitrogens with zero attached hydrogens (tertiary/aromatic N) is 2. The summed E-state index contributed by atoms with van der Waals surface area (Å²) in [7, 11) is -7.27. The molecular formula is C15H17F2N3O4S2. The summed E-state index contributed by atoms with van der Waals surface area (Å²) in [5, 5.41) is 4.20. The Morgan fingerprint density at radius 3 is 2.50 bits per heavy atom. The lowest BCUT2D eigenvalue weighted by Gasteiger charge is -2.12. The van der Waals surface area contributed by atoms with E-state index in [-0.39, 0.29) is 27.8 Å². The van der Waals surface area contributed by atoms with Crippen LogP contribution in [0.4, 0.5) is 14.5 Å². The summed E-state index contributed by atoms with van der Waals surface area (Å²) in [5.41, 5.74) is 0.362. The molecule has 1 aromatic heterocycles. The molecule has 0 unspecified atom stereocenters. The van der Waals surface area contributed by atoms with Gasteiger partial charge >= 0.3 is 0 Å². The Bertz CT molecular complexity index is 1080. The van der Waals surface area contributed by atoms with Gasteiger partial charge in [0.2, 0.25) is 0 Å². The first-order valence-electron chi connectivity index (χ1n) is 7.74. The van der Waals surface area contributed by atoms with Crippen molar-refractivity contribution in [3.8, 4) is 0 Å². The van der Waals surface area contributed by atoms with Crippen LogP contribution in [0.5, 0.6) is 0 Å². The van der Waals surface area contributed by atoms with Gasteiger partial charge in [0.25, 0.3) is 10.0 Å². The molecule has 1 saturated heterocycles. The number of hydrogen-bond acceptors (Lipinski definition) is 5. The maximum atomic E-state index is 13.3. The lowest BCUT2D eigenvalue weighted by molar-refractivity contribution is 0.484. The Morgan fingerprint density at radius 1 is 1.23 bits per heavy atom. The first kappa shape index (κ1) is 18.8. The maximum Gasteiger partial charge on any atom is 0.265 e. The Hall–Kier alpha value is -2.01. The van der Waals surface area contributed by atoms with Gasteiger partial charge in [-0.15, -0.1) is 0 Å². The van der Waals surface area contributed by atoms with Crippen LogP contribution in [0.3, 0.4) is 0 Å². The van der Waals surface area contributed by atoms with Gasteiger partial charge in [0.05, 0.1) is 34.6 Å². The van der Waals surface area contributed by atoms with Crippen molar-refractivity contribution in [2.24, 2.45) is 0 Å². The van der Waals surface area contributed by atoms with Crippen molar-refractivity contribution < 1.29 is 25.6 Å². The van der Waals surface area contributed by atoms with Crippen LogP contribution in [0.1, 0.15) is 23.9 Å². The number of anilines is 1. The van der Waals surface area contributed by atoms with E-state index in [9.17, 15) is 25.6 Å². The molecule has 1 N–H and O–H groups in total. The van der Waals surface area contributed by atoms with E-state index in [4.69, 9.17) is 0 Å². The van der Waals surface area contributed by atoms with Gasteiger partial charge in [0.1, 0.15) is 4.90 Å². The van der Waals surface area contributed by atoms with E-state index in [1.54, 1.807) is 0 Å². The Labute approximate surface area is 150 Å². The number of rotatable bonds is 4. The van der Waals surface area contributed by atoms with Gasteiger partial charge in [0, 0.05) is 6.07 Å². The molecule has 0 saturated carbocycles. The van der Waals surface area contributed by atoms with Crippen molar-refractivity contribution in [1.82, 2.24) is 9.78 Å². The minimum absolute atomic E-state index is 0.0329. The SMILES string of the molecule is Cc1nn([C@H]2CCS(=O)(=O)C2)c(C)c1S(=O)(=O)Nc1ccc(F)c(F)c1. The van der Waals surface area contributed by atoms with Crippen LogP contribution in [-0.2, 0) is 19.9 Å². The second kappa shape index (κ2) is 6.31. The molecule has 0 bridgehead atoms. The second-order valence-corrected chi connectivity index (χ2v) is 10.1. The van der Waals surface area contributed by atoms with Crippen molar-refractivity contribution >= 4 is 25.5 Å². The van der Waals surface area contributed by atoms with E-state index >= 15 is 0 Å². The summed E-state index contributed by atoms with van der Waals surface area (Å²) in [6.07, 6.45) is 0.361. The zero-order valence-electron chi connectivity index (χ0n) is 14.0. The minimum Gasteiger partial charge on any atom is -0.279 e. The van der Waals surface area contributed by atoms with Gasteiger partial charge in [0.15, 0.2) is 21.5 Å². The Kier molecular flexibility index (Phi) is 4.55. The zero-order chi connectivity index (χ0) is 19.3. The van der Waals surface area contributed by atoms with Gasteiger partial charge in [-0.3, -0.25) is 9.40 Å². The van der Waals surface area contributed by atoms with Crippen LogP contribution < -0.4 is 4.72 Å². The fraction of sp³-hybridized carbons (Fsp3) is 0.400. The van der Waals surface area contributed by atoms with Crippen molar-refractivity contribution in [2.45, 2.75) is 31.2 Å². The maximum absolute atomic E-state index is 13.3. The van der Waals surface area contributed by atoms with E-state index in [0.29, 0.717) is 12.1 Å². The summed E-state index contributed by atoms with van der Waals surface area (Å²) in [6, 6.07) is 2.24. The fourth-order valence-corrected chi connectivity index (χ4v) is 6.27. The number of sulfone groups is 1. The largest absolute Gasteiger partial charge is 0.279 e. The molecular weight excluding hydrogens is 388 g/mol. The fourth-order valence-electron chi connectivity index (χ4n) is 3.13. The molecule has 1 aromatic carbocycles. The molecule has 26 heavy (non-hydrogen) atoms. The molecule has 11 heteroatoms. The molecule has 2 heterocycles. The first-order chi connectivity index (χ1) is 12.0. The molecule has 0 amide bonds. The third-order valence-corrected chi connectivity index (χ3v) is 7.64. The average Bonchev–Trinajstić information content (AvgIpc) is 3.02.